The van der Waals surface area contributed by atoms with E-state index in [1.165, 1.54) is 12.7 Å². The average Bonchev–Trinajstić information content (AvgIpc) is 2.33. The summed E-state index contributed by atoms with van der Waals surface area (Å²) in [6.07, 6.45) is -0.552. The molecule has 0 heterocycles. The van der Waals surface area contributed by atoms with E-state index < -0.39 is 6.10 Å². The molecule has 4 nitrogen and oxygen atoms in total. The molecular weight excluding hydrogens is 252 g/mol. The van der Waals surface area contributed by atoms with Crippen molar-refractivity contribution in [1.29, 1.82) is 0 Å². The van der Waals surface area contributed by atoms with Gasteiger partial charge in [-0.25, -0.2) is 0 Å². The molecule has 0 radical (unpaired) electrons. The molecule has 0 aliphatic carbocycles. The van der Waals surface area contributed by atoms with Crippen LogP contribution in [0, 0.1) is 6.92 Å². The number of halogens is 1. The van der Waals surface area contributed by atoms with E-state index in [1.807, 2.05) is 31.2 Å². The molecule has 0 fully saturated rings. The Labute approximate surface area is 115 Å². The van der Waals surface area contributed by atoms with E-state index in [4.69, 9.17) is 10.5 Å². The van der Waals surface area contributed by atoms with E-state index in [-0.39, 0.29) is 24.9 Å². The smallest absolute Gasteiger partial charge is 0.253 e. The minimum Gasteiger partial charge on any atom is -0.370 e. The number of likely N-dealkylation sites (N-methyl/N-ethyl adjacent to an activating group) is 1. The number of hydrogen-bond acceptors (Lipinski definition) is 3. The minimum atomic E-state index is -0.552. The van der Waals surface area contributed by atoms with Gasteiger partial charge in [0, 0.05) is 27.2 Å². The molecule has 2 N–H and O–H groups in total. The fourth-order valence-corrected chi connectivity index (χ4v) is 1.66. The van der Waals surface area contributed by atoms with Crippen molar-refractivity contribution >= 4 is 18.3 Å². The van der Waals surface area contributed by atoms with Crippen molar-refractivity contribution in [2.75, 3.05) is 20.7 Å². The van der Waals surface area contributed by atoms with Crippen LogP contribution in [0.4, 0.5) is 0 Å². The Balaban J connectivity index is 0.00000289. The summed E-state index contributed by atoms with van der Waals surface area (Å²) in [5.41, 5.74) is 7.78. The van der Waals surface area contributed by atoms with Crippen molar-refractivity contribution < 1.29 is 9.53 Å². The van der Waals surface area contributed by atoms with Crippen molar-refractivity contribution in [2.24, 2.45) is 5.73 Å². The van der Waals surface area contributed by atoms with Crippen molar-refractivity contribution in [3.05, 3.63) is 35.4 Å². The summed E-state index contributed by atoms with van der Waals surface area (Å²) in [5.74, 6) is -0.0850. The number of amides is 1. The molecule has 0 saturated heterocycles. The normalized spacial score (nSPS) is 11.6. The molecule has 1 aromatic carbocycles. The summed E-state index contributed by atoms with van der Waals surface area (Å²) < 4.78 is 5.03. The lowest BCUT2D eigenvalue weighted by Crippen LogP contribution is -2.41. The lowest BCUT2D eigenvalue weighted by atomic mass is 10.1. The predicted molar refractivity (Wildman–Crippen MR) is 74.8 cm³/mol. The quantitative estimate of drug-likeness (QED) is 0.880. The molecule has 1 unspecified atom stereocenters. The van der Waals surface area contributed by atoms with E-state index >= 15 is 0 Å². The van der Waals surface area contributed by atoms with Crippen LogP contribution in [0.25, 0.3) is 0 Å². The zero-order chi connectivity index (χ0) is 12.8. The van der Waals surface area contributed by atoms with E-state index in [0.717, 1.165) is 5.56 Å². The molecule has 1 atom stereocenters. The zero-order valence-electron chi connectivity index (χ0n) is 11.1. The monoisotopic (exact) mass is 272 g/mol. The number of nitrogens with two attached hydrogens (primary N) is 1. The molecule has 0 aliphatic rings. The first kappa shape index (κ1) is 16.9. The van der Waals surface area contributed by atoms with Gasteiger partial charge >= 0.3 is 0 Å². The molecule has 1 aromatic rings. The highest BCUT2D eigenvalue weighted by Gasteiger charge is 2.20. The molecule has 18 heavy (non-hydrogen) atoms. The molecular formula is C13H21ClN2O2. The summed E-state index contributed by atoms with van der Waals surface area (Å²) in [7, 11) is 3.26. The number of hydrogen-bond donors (Lipinski definition) is 1. The second-order valence-corrected chi connectivity index (χ2v) is 4.08. The van der Waals surface area contributed by atoms with Gasteiger partial charge in [0.05, 0.1) is 0 Å². The molecule has 0 bridgehead atoms. The maximum atomic E-state index is 11.9. The van der Waals surface area contributed by atoms with Gasteiger partial charge in [0.15, 0.2) is 0 Å². The van der Waals surface area contributed by atoms with Gasteiger partial charge in [-0.1, -0.05) is 24.3 Å². The number of aryl methyl sites for hydroxylation is 1. The highest BCUT2D eigenvalue weighted by Crippen LogP contribution is 2.10. The van der Waals surface area contributed by atoms with Crippen LogP contribution in [-0.2, 0) is 16.1 Å². The largest absolute Gasteiger partial charge is 0.370 e. The Morgan fingerprint density at radius 1 is 1.44 bits per heavy atom. The highest BCUT2D eigenvalue weighted by molar-refractivity contribution is 5.85. The summed E-state index contributed by atoms with van der Waals surface area (Å²) >= 11 is 0. The first-order valence-corrected chi connectivity index (χ1v) is 5.62. The first-order valence-electron chi connectivity index (χ1n) is 5.62. The van der Waals surface area contributed by atoms with Gasteiger partial charge in [-0.05, 0) is 18.1 Å². The maximum absolute atomic E-state index is 11.9. The van der Waals surface area contributed by atoms with Crippen LogP contribution in [0.5, 0.6) is 0 Å². The Morgan fingerprint density at radius 2 is 2.06 bits per heavy atom. The number of carbonyl (C=O) groups excluding carboxylic acids is 1. The lowest BCUT2D eigenvalue weighted by molar-refractivity contribution is -0.140. The van der Waals surface area contributed by atoms with Gasteiger partial charge in [-0.2, -0.15) is 0 Å². The molecule has 5 heteroatoms. The first-order chi connectivity index (χ1) is 8.10. The molecule has 0 saturated carbocycles. The summed E-state index contributed by atoms with van der Waals surface area (Å²) in [5, 5.41) is 0. The summed E-state index contributed by atoms with van der Waals surface area (Å²) in [6.45, 7) is 2.81. The number of nitrogens with zero attached hydrogens (tertiary/aromatic N) is 1. The third-order valence-corrected chi connectivity index (χ3v) is 2.82. The summed E-state index contributed by atoms with van der Waals surface area (Å²) in [4.78, 5) is 13.6. The van der Waals surface area contributed by atoms with Crippen LogP contribution in [0.2, 0.25) is 0 Å². The maximum Gasteiger partial charge on any atom is 0.253 e. The standard InChI is InChI=1S/C13H20N2O2.ClH/c1-10-6-4-5-7-11(10)9-15(2)13(16)12(8-14)17-3;/h4-7,12H,8-9,14H2,1-3H3;1H. The molecule has 1 rings (SSSR count). The minimum absolute atomic E-state index is 0. The molecule has 0 aliphatic heterocycles. The van der Waals surface area contributed by atoms with Crippen LogP contribution in [-0.4, -0.2) is 37.6 Å². The van der Waals surface area contributed by atoms with Gasteiger partial charge in [0.1, 0.15) is 6.10 Å². The van der Waals surface area contributed by atoms with Crippen LogP contribution in [0.1, 0.15) is 11.1 Å². The molecule has 102 valence electrons. The van der Waals surface area contributed by atoms with Gasteiger partial charge < -0.3 is 15.4 Å². The van der Waals surface area contributed by atoms with E-state index in [2.05, 4.69) is 0 Å². The number of benzene rings is 1. The third-order valence-electron chi connectivity index (χ3n) is 2.82. The zero-order valence-corrected chi connectivity index (χ0v) is 11.9. The van der Waals surface area contributed by atoms with Gasteiger partial charge in [-0.3, -0.25) is 4.79 Å². The van der Waals surface area contributed by atoms with Crippen molar-refractivity contribution in [1.82, 2.24) is 4.90 Å². The molecule has 0 spiro atoms. The van der Waals surface area contributed by atoms with Crippen LogP contribution >= 0.6 is 12.4 Å². The Hall–Kier alpha value is -1.10. The Morgan fingerprint density at radius 3 is 2.56 bits per heavy atom. The second kappa shape index (κ2) is 8.08. The summed E-state index contributed by atoms with van der Waals surface area (Å²) in [6, 6.07) is 8.00. The second-order valence-electron chi connectivity index (χ2n) is 4.08. The predicted octanol–water partition coefficient (Wildman–Crippen LogP) is 1.35. The average molecular weight is 273 g/mol. The van der Waals surface area contributed by atoms with Crippen molar-refractivity contribution in [3.63, 3.8) is 0 Å². The number of rotatable bonds is 5. The fourth-order valence-electron chi connectivity index (χ4n) is 1.66. The fraction of sp³-hybridized carbons (Fsp3) is 0.462. The van der Waals surface area contributed by atoms with Crippen LogP contribution in [0.15, 0.2) is 24.3 Å². The van der Waals surface area contributed by atoms with E-state index in [9.17, 15) is 4.79 Å². The van der Waals surface area contributed by atoms with Crippen LogP contribution < -0.4 is 5.73 Å². The van der Waals surface area contributed by atoms with E-state index in [0.29, 0.717) is 6.54 Å². The molecule has 1 amide bonds. The Bertz CT molecular complexity index is 381. The molecule has 0 aromatic heterocycles. The van der Waals surface area contributed by atoms with E-state index in [1.54, 1.807) is 11.9 Å². The van der Waals surface area contributed by atoms with Crippen molar-refractivity contribution in [2.45, 2.75) is 19.6 Å². The number of methoxy groups -OCH3 is 1. The highest BCUT2D eigenvalue weighted by atomic mass is 35.5. The van der Waals surface area contributed by atoms with Crippen molar-refractivity contribution in [3.8, 4) is 0 Å². The Kier molecular flexibility index (Phi) is 7.59. The topological polar surface area (TPSA) is 55.6 Å². The third kappa shape index (κ3) is 4.29. The lowest BCUT2D eigenvalue weighted by Gasteiger charge is -2.22. The number of ether oxygens (including phenoxy) is 1. The van der Waals surface area contributed by atoms with Gasteiger partial charge in [0.2, 0.25) is 0 Å². The SMILES string of the molecule is COC(CN)C(=O)N(C)Cc1ccccc1C.Cl. The van der Waals surface area contributed by atoms with Gasteiger partial charge in [0.25, 0.3) is 5.91 Å². The van der Waals surface area contributed by atoms with Gasteiger partial charge in [-0.15, -0.1) is 12.4 Å². The number of carbonyl (C=O) groups is 1. The van der Waals surface area contributed by atoms with Crippen LogP contribution in [0.3, 0.4) is 0 Å².